The third-order valence-electron chi connectivity index (χ3n) is 5.37. The van der Waals surface area contributed by atoms with Crippen LogP contribution in [0.15, 0.2) is 24.3 Å². The number of carbonyl (C=O) groups excluding carboxylic acids is 2. The molecule has 2 saturated heterocycles. The Hall–Kier alpha value is -1.88. The summed E-state index contributed by atoms with van der Waals surface area (Å²) in [6.07, 6.45) is 3.89. The summed E-state index contributed by atoms with van der Waals surface area (Å²) in [7, 11) is 0. The van der Waals surface area contributed by atoms with Crippen molar-refractivity contribution in [3.05, 3.63) is 29.8 Å². The molecule has 2 fully saturated rings. The van der Waals surface area contributed by atoms with Crippen LogP contribution < -0.4 is 10.1 Å². The van der Waals surface area contributed by atoms with E-state index < -0.39 is 0 Å². The van der Waals surface area contributed by atoms with E-state index >= 15 is 0 Å². The number of likely N-dealkylation sites (tertiary alicyclic amines) is 1. The predicted octanol–water partition coefficient (Wildman–Crippen LogP) is 2.26. The van der Waals surface area contributed by atoms with Crippen LogP contribution in [0.4, 0.5) is 0 Å². The Morgan fingerprint density at radius 1 is 1.17 bits per heavy atom. The van der Waals surface area contributed by atoms with Crippen LogP contribution in [-0.4, -0.2) is 49.4 Å². The number of ether oxygens (including phenoxy) is 1. The molecular formula is C19H26N2O3. The number of ketones is 1. The van der Waals surface area contributed by atoms with Crippen molar-refractivity contribution < 1.29 is 14.3 Å². The van der Waals surface area contributed by atoms with Crippen molar-refractivity contribution in [2.75, 3.05) is 32.8 Å². The van der Waals surface area contributed by atoms with Crippen molar-refractivity contribution in [2.24, 2.45) is 5.41 Å². The van der Waals surface area contributed by atoms with Gasteiger partial charge in [-0.3, -0.25) is 9.59 Å². The van der Waals surface area contributed by atoms with Crippen molar-refractivity contribution in [3.8, 4) is 5.75 Å². The quantitative estimate of drug-likeness (QED) is 0.842. The molecule has 2 aliphatic rings. The number of benzene rings is 1. The highest BCUT2D eigenvalue weighted by atomic mass is 16.5. The fourth-order valence-electron chi connectivity index (χ4n) is 3.63. The molecule has 3 rings (SSSR count). The van der Waals surface area contributed by atoms with Gasteiger partial charge >= 0.3 is 0 Å². The van der Waals surface area contributed by atoms with E-state index in [9.17, 15) is 9.59 Å². The van der Waals surface area contributed by atoms with Gasteiger partial charge in [-0.25, -0.2) is 0 Å². The lowest BCUT2D eigenvalue weighted by Gasteiger charge is -2.38. The van der Waals surface area contributed by atoms with Crippen LogP contribution >= 0.6 is 0 Å². The zero-order valence-corrected chi connectivity index (χ0v) is 14.3. The molecule has 1 aromatic carbocycles. The molecule has 0 aliphatic carbocycles. The number of nitrogens with zero attached hydrogens (tertiary/aromatic N) is 1. The van der Waals surface area contributed by atoms with Gasteiger partial charge in [-0.15, -0.1) is 0 Å². The molecule has 24 heavy (non-hydrogen) atoms. The average molecular weight is 330 g/mol. The first-order valence-electron chi connectivity index (χ1n) is 8.86. The maximum absolute atomic E-state index is 12.3. The molecule has 0 atom stereocenters. The van der Waals surface area contributed by atoms with Crippen LogP contribution in [-0.2, 0) is 4.79 Å². The molecular weight excluding hydrogens is 304 g/mol. The summed E-state index contributed by atoms with van der Waals surface area (Å²) in [5.41, 5.74) is 1.10. The van der Waals surface area contributed by atoms with E-state index in [4.69, 9.17) is 4.74 Å². The van der Waals surface area contributed by atoms with Gasteiger partial charge in [0, 0.05) is 31.6 Å². The molecule has 5 heteroatoms. The summed E-state index contributed by atoms with van der Waals surface area (Å²) >= 11 is 0. The molecule has 1 amide bonds. The zero-order valence-electron chi connectivity index (χ0n) is 14.3. The topological polar surface area (TPSA) is 58.6 Å². The summed E-state index contributed by atoms with van der Waals surface area (Å²) in [5.74, 6) is 0.787. The van der Waals surface area contributed by atoms with E-state index in [-0.39, 0.29) is 18.3 Å². The van der Waals surface area contributed by atoms with E-state index in [1.165, 1.54) is 6.42 Å². The Labute approximate surface area is 143 Å². The van der Waals surface area contributed by atoms with Crippen molar-refractivity contribution in [1.82, 2.24) is 10.2 Å². The first-order chi connectivity index (χ1) is 11.6. The highest BCUT2D eigenvalue weighted by Crippen LogP contribution is 2.36. The molecule has 0 saturated carbocycles. The Bertz CT molecular complexity index is 581. The second-order valence-electron chi connectivity index (χ2n) is 6.90. The maximum atomic E-state index is 12.3. The van der Waals surface area contributed by atoms with E-state index in [0.717, 1.165) is 39.0 Å². The van der Waals surface area contributed by atoms with Gasteiger partial charge in [0.25, 0.3) is 5.91 Å². The van der Waals surface area contributed by atoms with Crippen LogP contribution in [0, 0.1) is 5.41 Å². The summed E-state index contributed by atoms with van der Waals surface area (Å²) in [5, 5.41) is 3.44. The summed E-state index contributed by atoms with van der Waals surface area (Å²) in [6, 6.07) is 7.02. The number of amides is 1. The van der Waals surface area contributed by atoms with Crippen LogP contribution in [0.2, 0.25) is 0 Å². The average Bonchev–Trinajstić information content (AvgIpc) is 3.08. The summed E-state index contributed by atoms with van der Waals surface area (Å²) in [4.78, 5) is 25.8. The van der Waals surface area contributed by atoms with Gasteiger partial charge in [0.1, 0.15) is 5.75 Å². The fraction of sp³-hybridized carbons (Fsp3) is 0.579. The van der Waals surface area contributed by atoms with Crippen molar-refractivity contribution in [2.45, 2.75) is 32.6 Å². The van der Waals surface area contributed by atoms with E-state index in [2.05, 4.69) is 5.32 Å². The van der Waals surface area contributed by atoms with Crippen molar-refractivity contribution in [1.29, 1.82) is 0 Å². The number of nitrogens with one attached hydrogen (secondary N) is 1. The molecule has 0 radical (unpaired) electrons. The van der Waals surface area contributed by atoms with Gasteiger partial charge in [-0.05, 0) is 55.5 Å². The third-order valence-corrected chi connectivity index (χ3v) is 5.37. The van der Waals surface area contributed by atoms with Gasteiger partial charge in [0.2, 0.25) is 0 Å². The number of hydrogen-bond donors (Lipinski definition) is 1. The minimum Gasteiger partial charge on any atom is -0.484 e. The number of piperidine rings is 1. The number of carbonyl (C=O) groups is 2. The summed E-state index contributed by atoms with van der Waals surface area (Å²) in [6.45, 7) is 5.76. The van der Waals surface area contributed by atoms with Gasteiger partial charge in [-0.1, -0.05) is 6.92 Å². The lowest BCUT2D eigenvalue weighted by atomic mass is 9.78. The van der Waals surface area contributed by atoms with Gasteiger partial charge in [0.05, 0.1) is 0 Å². The largest absolute Gasteiger partial charge is 0.484 e. The number of rotatable bonds is 5. The molecule has 1 N–H and O–H groups in total. The molecule has 1 spiro atoms. The number of hydrogen-bond acceptors (Lipinski definition) is 4. The highest BCUT2D eigenvalue weighted by molar-refractivity contribution is 5.95. The first kappa shape index (κ1) is 17.0. The standard InChI is InChI=1S/C19H26N2O3/c1-2-17(22)15-3-5-16(6-4-15)24-13-18(23)21-11-8-19(9-12-21)7-10-20-14-19/h3-6,20H,2,7-14H2,1H3. The molecule has 130 valence electrons. The lowest BCUT2D eigenvalue weighted by Crippen LogP contribution is -2.45. The molecule has 2 heterocycles. The molecule has 2 aliphatic heterocycles. The van der Waals surface area contributed by atoms with E-state index in [1.54, 1.807) is 24.3 Å². The highest BCUT2D eigenvalue weighted by Gasteiger charge is 2.37. The SMILES string of the molecule is CCC(=O)c1ccc(OCC(=O)N2CCC3(CCNC3)CC2)cc1. The van der Waals surface area contributed by atoms with Crippen LogP contribution in [0.5, 0.6) is 5.75 Å². The molecule has 0 bridgehead atoms. The van der Waals surface area contributed by atoms with Gasteiger partial charge in [-0.2, -0.15) is 0 Å². The van der Waals surface area contributed by atoms with Crippen molar-refractivity contribution in [3.63, 3.8) is 0 Å². The van der Waals surface area contributed by atoms with Crippen LogP contribution in [0.3, 0.4) is 0 Å². The monoisotopic (exact) mass is 330 g/mol. The third kappa shape index (κ3) is 3.78. The second-order valence-corrected chi connectivity index (χ2v) is 6.90. The molecule has 0 unspecified atom stereocenters. The first-order valence-corrected chi connectivity index (χ1v) is 8.86. The van der Waals surface area contributed by atoms with Gasteiger partial charge < -0.3 is 15.0 Å². The van der Waals surface area contributed by atoms with Crippen LogP contribution in [0.1, 0.15) is 43.0 Å². The van der Waals surface area contributed by atoms with Crippen LogP contribution in [0.25, 0.3) is 0 Å². The smallest absolute Gasteiger partial charge is 0.260 e. The number of Topliss-reactive ketones (excluding diaryl/α,β-unsaturated/α-hetero) is 1. The fourth-order valence-corrected chi connectivity index (χ4v) is 3.63. The molecule has 1 aromatic rings. The lowest BCUT2D eigenvalue weighted by molar-refractivity contribution is -0.135. The minimum atomic E-state index is 0.0458. The molecule has 5 nitrogen and oxygen atoms in total. The molecule has 0 aromatic heterocycles. The van der Waals surface area contributed by atoms with E-state index in [0.29, 0.717) is 23.1 Å². The van der Waals surface area contributed by atoms with Crippen molar-refractivity contribution >= 4 is 11.7 Å². The van der Waals surface area contributed by atoms with Gasteiger partial charge in [0.15, 0.2) is 12.4 Å². The van der Waals surface area contributed by atoms with E-state index in [1.807, 2.05) is 11.8 Å². The normalized spacial score (nSPS) is 19.5. The summed E-state index contributed by atoms with van der Waals surface area (Å²) < 4.78 is 5.59. The Kier molecular flexibility index (Phi) is 5.19. The minimum absolute atomic E-state index is 0.0458. The second kappa shape index (κ2) is 7.34. The maximum Gasteiger partial charge on any atom is 0.260 e. The zero-order chi connectivity index (χ0) is 17.0. The Morgan fingerprint density at radius 3 is 2.46 bits per heavy atom. The Balaban J connectivity index is 1.46. The predicted molar refractivity (Wildman–Crippen MR) is 92.3 cm³/mol. The Morgan fingerprint density at radius 2 is 1.88 bits per heavy atom.